The molecule has 0 spiro atoms. The molecule has 0 fully saturated rings. The van der Waals surface area contributed by atoms with Gasteiger partial charge in [-0.1, -0.05) is 43.7 Å². The topological polar surface area (TPSA) is 30.5 Å². The Bertz CT molecular complexity index is 511. The Morgan fingerprint density at radius 1 is 0.818 bits per heavy atom. The molecule has 0 aliphatic rings. The van der Waals surface area contributed by atoms with Gasteiger partial charge in [-0.2, -0.15) is 0 Å². The molecule has 0 bridgehead atoms. The molecule has 3 nitrogen and oxygen atoms in total. The van der Waals surface area contributed by atoms with Gasteiger partial charge in [0.05, 0.1) is 0 Å². The second-order valence-corrected chi connectivity index (χ2v) is 5.18. The van der Waals surface area contributed by atoms with E-state index in [0.29, 0.717) is 13.2 Å². The summed E-state index contributed by atoms with van der Waals surface area (Å²) < 4.78 is 11.3. The number of rotatable bonds is 10. The number of ether oxygens (including phenoxy) is 2. The van der Waals surface area contributed by atoms with Crippen LogP contribution in [0.15, 0.2) is 54.6 Å². The fourth-order valence-electron chi connectivity index (χ4n) is 2.07. The van der Waals surface area contributed by atoms with Gasteiger partial charge in [-0.3, -0.25) is 0 Å². The van der Waals surface area contributed by atoms with Crippen LogP contribution in [-0.2, 0) is 6.54 Å². The number of nitrogens with one attached hydrogen (secondary N) is 1. The lowest BCUT2D eigenvalue weighted by atomic mass is 10.2. The molecular formula is C19H25NO2. The predicted octanol–water partition coefficient (Wildman–Crippen LogP) is 4.03. The van der Waals surface area contributed by atoms with E-state index in [1.165, 1.54) is 18.4 Å². The highest BCUT2D eigenvalue weighted by atomic mass is 16.5. The molecule has 0 radical (unpaired) electrons. The fourth-order valence-corrected chi connectivity index (χ4v) is 2.07. The highest BCUT2D eigenvalue weighted by Gasteiger charge is 1.97. The first-order chi connectivity index (χ1) is 10.9. The van der Waals surface area contributed by atoms with Crippen molar-refractivity contribution in [1.82, 2.24) is 5.32 Å². The van der Waals surface area contributed by atoms with Crippen LogP contribution in [0.3, 0.4) is 0 Å². The van der Waals surface area contributed by atoms with E-state index in [1.807, 2.05) is 42.5 Å². The van der Waals surface area contributed by atoms with Gasteiger partial charge in [0.25, 0.3) is 0 Å². The van der Waals surface area contributed by atoms with Gasteiger partial charge in [0, 0.05) is 6.54 Å². The Labute approximate surface area is 133 Å². The van der Waals surface area contributed by atoms with Gasteiger partial charge in [0.1, 0.15) is 24.7 Å². The number of benzene rings is 2. The molecule has 118 valence electrons. The molecule has 22 heavy (non-hydrogen) atoms. The summed E-state index contributed by atoms with van der Waals surface area (Å²) in [5.74, 6) is 1.76. The molecule has 2 rings (SSSR count). The molecular weight excluding hydrogens is 274 g/mol. The minimum Gasteiger partial charge on any atom is -0.490 e. The maximum atomic E-state index is 5.68. The van der Waals surface area contributed by atoms with E-state index in [-0.39, 0.29) is 0 Å². The molecule has 0 saturated carbocycles. The first-order valence-electron chi connectivity index (χ1n) is 7.99. The SMILES string of the molecule is CCCCNCc1ccc(OCCOc2ccccc2)cc1. The second-order valence-electron chi connectivity index (χ2n) is 5.18. The van der Waals surface area contributed by atoms with Crippen molar-refractivity contribution in [3.63, 3.8) is 0 Å². The van der Waals surface area contributed by atoms with Crippen LogP contribution in [0.5, 0.6) is 11.5 Å². The fraction of sp³-hybridized carbons (Fsp3) is 0.368. The van der Waals surface area contributed by atoms with E-state index < -0.39 is 0 Å². The van der Waals surface area contributed by atoms with Crippen LogP contribution in [0.25, 0.3) is 0 Å². The van der Waals surface area contributed by atoms with Crippen molar-refractivity contribution in [3.8, 4) is 11.5 Å². The van der Waals surface area contributed by atoms with Crippen molar-refractivity contribution < 1.29 is 9.47 Å². The zero-order valence-corrected chi connectivity index (χ0v) is 13.3. The summed E-state index contributed by atoms with van der Waals surface area (Å²) in [7, 11) is 0. The molecule has 1 N–H and O–H groups in total. The number of unbranched alkanes of at least 4 members (excludes halogenated alkanes) is 1. The average molecular weight is 299 g/mol. The zero-order valence-electron chi connectivity index (χ0n) is 13.3. The maximum Gasteiger partial charge on any atom is 0.122 e. The van der Waals surface area contributed by atoms with Crippen molar-refractivity contribution >= 4 is 0 Å². The van der Waals surface area contributed by atoms with Crippen LogP contribution in [-0.4, -0.2) is 19.8 Å². The number of hydrogen-bond donors (Lipinski definition) is 1. The van der Waals surface area contributed by atoms with Crippen LogP contribution in [0.1, 0.15) is 25.3 Å². The highest BCUT2D eigenvalue weighted by Crippen LogP contribution is 2.13. The molecule has 0 unspecified atom stereocenters. The monoisotopic (exact) mass is 299 g/mol. The lowest BCUT2D eigenvalue weighted by Crippen LogP contribution is -2.14. The summed E-state index contributed by atoms with van der Waals surface area (Å²) in [5, 5.41) is 3.43. The van der Waals surface area contributed by atoms with E-state index in [2.05, 4.69) is 24.4 Å². The molecule has 3 heteroatoms. The Kier molecular flexibility index (Phi) is 7.33. The smallest absolute Gasteiger partial charge is 0.122 e. The number of hydrogen-bond acceptors (Lipinski definition) is 3. The normalized spacial score (nSPS) is 10.4. The van der Waals surface area contributed by atoms with Gasteiger partial charge in [-0.05, 0) is 42.8 Å². The molecule has 2 aromatic rings. The van der Waals surface area contributed by atoms with E-state index in [0.717, 1.165) is 24.6 Å². The van der Waals surface area contributed by atoms with Crippen molar-refractivity contribution in [2.75, 3.05) is 19.8 Å². The molecule has 0 amide bonds. The van der Waals surface area contributed by atoms with E-state index in [1.54, 1.807) is 0 Å². The first kappa shape index (κ1) is 16.4. The van der Waals surface area contributed by atoms with Crippen molar-refractivity contribution in [1.29, 1.82) is 0 Å². The summed E-state index contributed by atoms with van der Waals surface area (Å²) in [6, 6.07) is 18.0. The third-order valence-corrected chi connectivity index (χ3v) is 3.32. The molecule has 2 aromatic carbocycles. The van der Waals surface area contributed by atoms with Gasteiger partial charge in [-0.25, -0.2) is 0 Å². The third kappa shape index (κ3) is 6.19. The molecule has 0 atom stereocenters. The number of para-hydroxylation sites is 1. The average Bonchev–Trinajstić information content (AvgIpc) is 2.58. The molecule has 0 aliphatic heterocycles. The van der Waals surface area contributed by atoms with Crippen LogP contribution in [0, 0.1) is 0 Å². The maximum absolute atomic E-state index is 5.68. The second kappa shape index (κ2) is 9.85. The summed E-state index contributed by atoms with van der Waals surface area (Å²) >= 11 is 0. The zero-order chi connectivity index (χ0) is 15.5. The molecule has 0 aliphatic carbocycles. The largest absolute Gasteiger partial charge is 0.490 e. The van der Waals surface area contributed by atoms with Crippen molar-refractivity contribution in [3.05, 3.63) is 60.2 Å². The van der Waals surface area contributed by atoms with Gasteiger partial charge >= 0.3 is 0 Å². The third-order valence-electron chi connectivity index (χ3n) is 3.32. The van der Waals surface area contributed by atoms with Gasteiger partial charge in [0.15, 0.2) is 0 Å². The van der Waals surface area contributed by atoms with Gasteiger partial charge in [0.2, 0.25) is 0 Å². The van der Waals surface area contributed by atoms with Crippen LogP contribution < -0.4 is 14.8 Å². The Morgan fingerprint density at radius 3 is 2.09 bits per heavy atom. The summed E-state index contributed by atoms with van der Waals surface area (Å²) in [5.41, 5.74) is 1.28. The molecule has 0 heterocycles. The quantitative estimate of drug-likeness (QED) is 0.672. The Balaban J connectivity index is 1.63. The van der Waals surface area contributed by atoms with Gasteiger partial charge < -0.3 is 14.8 Å². The Morgan fingerprint density at radius 2 is 1.45 bits per heavy atom. The van der Waals surface area contributed by atoms with Gasteiger partial charge in [-0.15, -0.1) is 0 Å². The Hall–Kier alpha value is -2.00. The van der Waals surface area contributed by atoms with Crippen LogP contribution in [0.2, 0.25) is 0 Å². The minimum atomic E-state index is 0.545. The van der Waals surface area contributed by atoms with Crippen molar-refractivity contribution in [2.45, 2.75) is 26.3 Å². The summed E-state index contributed by atoms with van der Waals surface area (Å²) in [6.45, 7) is 5.28. The first-order valence-corrected chi connectivity index (χ1v) is 7.99. The summed E-state index contributed by atoms with van der Waals surface area (Å²) in [6.07, 6.45) is 2.45. The highest BCUT2D eigenvalue weighted by molar-refractivity contribution is 5.27. The van der Waals surface area contributed by atoms with E-state index in [4.69, 9.17) is 9.47 Å². The van der Waals surface area contributed by atoms with Crippen LogP contribution >= 0.6 is 0 Å². The minimum absolute atomic E-state index is 0.545. The van der Waals surface area contributed by atoms with E-state index >= 15 is 0 Å². The summed E-state index contributed by atoms with van der Waals surface area (Å²) in [4.78, 5) is 0. The predicted molar refractivity (Wildman–Crippen MR) is 90.5 cm³/mol. The van der Waals surface area contributed by atoms with Crippen LogP contribution in [0.4, 0.5) is 0 Å². The van der Waals surface area contributed by atoms with E-state index in [9.17, 15) is 0 Å². The lowest BCUT2D eigenvalue weighted by Gasteiger charge is -2.09. The standard InChI is InChI=1S/C19H25NO2/c1-2-3-13-20-16-17-9-11-19(12-10-17)22-15-14-21-18-7-5-4-6-8-18/h4-12,20H,2-3,13-16H2,1H3. The molecule has 0 aromatic heterocycles. The lowest BCUT2D eigenvalue weighted by molar-refractivity contribution is 0.217. The van der Waals surface area contributed by atoms with Crippen molar-refractivity contribution in [2.24, 2.45) is 0 Å². The molecule has 0 saturated heterocycles.